The van der Waals surface area contributed by atoms with Gasteiger partial charge in [0.15, 0.2) is 0 Å². The summed E-state index contributed by atoms with van der Waals surface area (Å²) in [7, 11) is 0. The molecule has 0 unspecified atom stereocenters. The molecule has 0 amide bonds. The molecule has 0 atom stereocenters. The van der Waals surface area contributed by atoms with Crippen LogP contribution in [-0.4, -0.2) is 4.98 Å². The highest BCUT2D eigenvalue weighted by Crippen LogP contribution is 2.40. The smallest absolute Gasteiger partial charge is 0.213 e. The maximum Gasteiger partial charge on any atom is 0.213 e. The maximum absolute atomic E-state index is 13.2. The molecule has 0 aliphatic heterocycles. The lowest BCUT2D eigenvalue weighted by molar-refractivity contribution is 0.582. The van der Waals surface area contributed by atoms with Crippen molar-refractivity contribution in [1.82, 2.24) is 4.98 Å². The lowest BCUT2D eigenvalue weighted by Crippen LogP contribution is -2.01. The Labute approximate surface area is 128 Å². The maximum atomic E-state index is 13.2. The predicted octanol–water partition coefficient (Wildman–Crippen LogP) is 3.96. The van der Waals surface area contributed by atoms with Crippen LogP contribution in [0.2, 0.25) is 0 Å². The average molecular weight is 290 g/mol. The monoisotopic (exact) mass is 290 g/mol. The summed E-state index contributed by atoms with van der Waals surface area (Å²) >= 11 is 0. The van der Waals surface area contributed by atoms with E-state index < -0.39 is 5.95 Å². The second-order valence-corrected chi connectivity index (χ2v) is 5.66. The Balaban J connectivity index is 1.74. The first kappa shape index (κ1) is 13.0. The zero-order valence-electron chi connectivity index (χ0n) is 12.0. The van der Waals surface area contributed by atoms with Crippen LogP contribution in [0.5, 0.6) is 0 Å². The summed E-state index contributed by atoms with van der Waals surface area (Å²) in [6.07, 6.45) is 2.98. The van der Waals surface area contributed by atoms with Crippen molar-refractivity contribution >= 4 is 5.69 Å². The summed E-state index contributed by atoms with van der Waals surface area (Å²) in [4.78, 5) is 3.59. The van der Waals surface area contributed by atoms with E-state index in [0.717, 1.165) is 23.2 Å². The average Bonchev–Trinajstić information content (AvgIpc) is 2.90. The minimum absolute atomic E-state index is 0.454. The zero-order valence-corrected chi connectivity index (χ0v) is 12.0. The summed E-state index contributed by atoms with van der Waals surface area (Å²) in [5.74, 6) is -0.454. The van der Waals surface area contributed by atoms with Gasteiger partial charge in [-0.2, -0.15) is 4.39 Å². The van der Waals surface area contributed by atoms with Gasteiger partial charge in [-0.15, -0.1) is 0 Å². The molecule has 3 aromatic rings. The predicted molar refractivity (Wildman–Crippen MR) is 86.1 cm³/mol. The first-order chi connectivity index (χ1) is 10.7. The number of pyridine rings is 1. The van der Waals surface area contributed by atoms with Crippen LogP contribution in [0.4, 0.5) is 10.1 Å². The molecule has 0 saturated heterocycles. The topological polar surface area (TPSA) is 38.9 Å². The van der Waals surface area contributed by atoms with Crippen molar-refractivity contribution in [3.05, 3.63) is 82.9 Å². The third-order valence-corrected chi connectivity index (χ3v) is 4.31. The van der Waals surface area contributed by atoms with Crippen LogP contribution in [-0.2, 0) is 12.8 Å². The number of nitrogen functional groups attached to an aromatic ring is 1. The molecule has 1 aliphatic carbocycles. The van der Waals surface area contributed by atoms with Gasteiger partial charge in [-0.1, -0.05) is 36.4 Å². The van der Waals surface area contributed by atoms with Gasteiger partial charge in [0.1, 0.15) is 0 Å². The highest BCUT2D eigenvalue weighted by atomic mass is 19.1. The van der Waals surface area contributed by atoms with Crippen molar-refractivity contribution in [3.63, 3.8) is 0 Å². The Hall–Kier alpha value is -2.68. The zero-order chi connectivity index (χ0) is 15.1. The molecule has 3 heteroatoms. The van der Waals surface area contributed by atoms with Crippen molar-refractivity contribution in [2.45, 2.75) is 12.8 Å². The van der Waals surface area contributed by atoms with Crippen LogP contribution in [0.3, 0.4) is 0 Å². The number of rotatable bonds is 2. The second-order valence-electron chi connectivity index (χ2n) is 5.66. The fourth-order valence-corrected chi connectivity index (χ4v) is 3.21. The van der Waals surface area contributed by atoms with E-state index in [1.165, 1.54) is 34.5 Å². The van der Waals surface area contributed by atoms with Crippen molar-refractivity contribution < 1.29 is 4.39 Å². The highest BCUT2D eigenvalue weighted by Gasteiger charge is 2.21. The van der Waals surface area contributed by atoms with Gasteiger partial charge in [-0.25, -0.2) is 4.98 Å². The number of benzene rings is 2. The number of nitrogens with zero attached hydrogens (tertiary/aromatic N) is 1. The van der Waals surface area contributed by atoms with Gasteiger partial charge in [0.2, 0.25) is 5.95 Å². The van der Waals surface area contributed by atoms with E-state index in [1.54, 1.807) is 0 Å². The van der Waals surface area contributed by atoms with Gasteiger partial charge in [0, 0.05) is 18.3 Å². The molecule has 4 rings (SSSR count). The third kappa shape index (κ3) is 2.06. The summed E-state index contributed by atoms with van der Waals surface area (Å²) in [6.45, 7) is 0. The van der Waals surface area contributed by atoms with E-state index >= 15 is 0 Å². The Bertz CT molecular complexity index is 871. The number of fused-ring (bicyclic) bond motifs is 3. The van der Waals surface area contributed by atoms with Crippen LogP contribution >= 0.6 is 0 Å². The number of hydrogen-bond donors (Lipinski definition) is 1. The van der Waals surface area contributed by atoms with Gasteiger partial charge in [0.05, 0.1) is 0 Å². The molecule has 2 N–H and O–H groups in total. The van der Waals surface area contributed by atoms with Crippen LogP contribution in [0.15, 0.2) is 54.7 Å². The van der Waals surface area contributed by atoms with Crippen LogP contribution in [0.25, 0.3) is 11.1 Å². The molecule has 2 aromatic carbocycles. The number of anilines is 1. The van der Waals surface area contributed by atoms with Crippen LogP contribution < -0.4 is 5.73 Å². The van der Waals surface area contributed by atoms with Crippen molar-refractivity contribution in [3.8, 4) is 11.1 Å². The van der Waals surface area contributed by atoms with E-state index in [9.17, 15) is 4.39 Å². The summed E-state index contributed by atoms with van der Waals surface area (Å²) in [5.41, 5.74) is 14.1. The lowest BCUT2D eigenvalue weighted by atomic mass is 9.97. The van der Waals surface area contributed by atoms with Gasteiger partial charge >= 0.3 is 0 Å². The molecular weight excluding hydrogens is 275 g/mol. The molecule has 1 aliphatic rings. The number of nitrogens with two attached hydrogens (primary N) is 1. The van der Waals surface area contributed by atoms with E-state index in [2.05, 4.69) is 41.4 Å². The molecule has 0 radical (unpaired) electrons. The Morgan fingerprint density at radius 1 is 1.05 bits per heavy atom. The van der Waals surface area contributed by atoms with Gasteiger partial charge in [-0.3, -0.25) is 0 Å². The SMILES string of the molecule is Nc1c(Cc2ccnc(F)c2)ccc2c1Cc1ccccc1-2. The molecule has 0 bridgehead atoms. The minimum Gasteiger partial charge on any atom is -0.398 e. The second kappa shape index (κ2) is 4.95. The third-order valence-electron chi connectivity index (χ3n) is 4.31. The lowest BCUT2D eigenvalue weighted by Gasteiger charge is -2.11. The fraction of sp³-hybridized carbons (Fsp3) is 0.105. The fourth-order valence-electron chi connectivity index (χ4n) is 3.21. The molecule has 1 aromatic heterocycles. The molecule has 1 heterocycles. The van der Waals surface area contributed by atoms with Crippen molar-refractivity contribution in [2.24, 2.45) is 0 Å². The normalized spacial score (nSPS) is 12.0. The van der Waals surface area contributed by atoms with Crippen molar-refractivity contribution in [2.75, 3.05) is 5.73 Å². The van der Waals surface area contributed by atoms with E-state index in [-0.39, 0.29) is 0 Å². The standard InChI is InChI=1S/C19H15FN2/c20-18-10-12(7-8-22-18)9-14-5-6-16-15-4-2-1-3-13(15)11-17(16)19(14)21/h1-8,10H,9,11,21H2. The van der Waals surface area contributed by atoms with Crippen LogP contribution in [0, 0.1) is 5.95 Å². The quantitative estimate of drug-likeness (QED) is 0.448. The van der Waals surface area contributed by atoms with Gasteiger partial charge in [-0.05, 0) is 51.9 Å². The molecule has 0 spiro atoms. The van der Waals surface area contributed by atoms with Crippen LogP contribution in [0.1, 0.15) is 22.3 Å². The van der Waals surface area contributed by atoms with Gasteiger partial charge in [0.25, 0.3) is 0 Å². The first-order valence-electron chi connectivity index (χ1n) is 7.31. The number of halogens is 1. The van der Waals surface area contributed by atoms with Crippen molar-refractivity contribution in [1.29, 1.82) is 0 Å². The molecule has 0 fully saturated rings. The highest BCUT2D eigenvalue weighted by molar-refractivity contribution is 5.82. The summed E-state index contributed by atoms with van der Waals surface area (Å²) in [5, 5.41) is 0. The van der Waals surface area contributed by atoms with E-state index in [0.29, 0.717) is 6.42 Å². The Kier molecular flexibility index (Phi) is 2.93. The Morgan fingerprint density at radius 3 is 2.77 bits per heavy atom. The molecule has 108 valence electrons. The number of aromatic nitrogens is 1. The Morgan fingerprint density at radius 2 is 1.91 bits per heavy atom. The minimum atomic E-state index is -0.454. The molecule has 2 nitrogen and oxygen atoms in total. The van der Waals surface area contributed by atoms with E-state index in [1.807, 2.05) is 6.07 Å². The van der Waals surface area contributed by atoms with E-state index in [4.69, 9.17) is 5.73 Å². The van der Waals surface area contributed by atoms with Gasteiger partial charge < -0.3 is 5.73 Å². The largest absolute Gasteiger partial charge is 0.398 e. The number of hydrogen-bond acceptors (Lipinski definition) is 2. The molecule has 0 saturated carbocycles. The first-order valence-corrected chi connectivity index (χ1v) is 7.31. The summed E-state index contributed by atoms with van der Waals surface area (Å²) in [6, 6.07) is 15.9. The summed E-state index contributed by atoms with van der Waals surface area (Å²) < 4.78 is 13.2. The molecular formula is C19H15FN2. The molecule has 22 heavy (non-hydrogen) atoms.